The van der Waals surface area contributed by atoms with Gasteiger partial charge in [0.05, 0.1) is 0 Å². The van der Waals surface area contributed by atoms with Gasteiger partial charge in [-0.15, -0.1) is 0 Å². The molecule has 0 bridgehead atoms. The fraction of sp³-hybridized carbons (Fsp3) is 0. The van der Waals surface area contributed by atoms with Crippen molar-refractivity contribution in [3.8, 4) is 77.9 Å². The largest absolute Gasteiger partial charge is 0.0622 e. The highest BCUT2D eigenvalue weighted by atomic mass is 14.2. The van der Waals surface area contributed by atoms with Crippen molar-refractivity contribution in [3.05, 3.63) is 243 Å². The molecule has 0 fully saturated rings. The van der Waals surface area contributed by atoms with E-state index < -0.39 is 0 Å². The van der Waals surface area contributed by atoms with Crippen molar-refractivity contribution >= 4 is 32.3 Å². The molecule has 0 radical (unpaired) electrons. The van der Waals surface area contributed by atoms with Crippen LogP contribution in [0.4, 0.5) is 0 Å². The van der Waals surface area contributed by atoms with Crippen LogP contribution in [0.1, 0.15) is 0 Å². The third kappa shape index (κ3) is 6.55. The molecular formula is C60H40. The maximum absolute atomic E-state index is 2.38. The van der Waals surface area contributed by atoms with Gasteiger partial charge in [0.1, 0.15) is 0 Å². The molecule has 0 saturated heterocycles. The zero-order chi connectivity index (χ0) is 39.8. The first-order valence-corrected chi connectivity index (χ1v) is 20.7. The molecule has 0 heteroatoms. The summed E-state index contributed by atoms with van der Waals surface area (Å²) in [4.78, 5) is 0. The van der Waals surface area contributed by atoms with Gasteiger partial charge in [-0.05, 0) is 147 Å². The molecular weight excluding hydrogens is 721 g/mol. The van der Waals surface area contributed by atoms with Crippen molar-refractivity contribution in [2.75, 3.05) is 0 Å². The van der Waals surface area contributed by atoms with Gasteiger partial charge in [-0.1, -0.05) is 206 Å². The second kappa shape index (κ2) is 15.2. The van der Waals surface area contributed by atoms with E-state index in [1.807, 2.05) is 0 Å². The highest BCUT2D eigenvalue weighted by Crippen LogP contribution is 2.45. The summed E-state index contributed by atoms with van der Waals surface area (Å²) in [5, 5.41) is 7.52. The van der Waals surface area contributed by atoms with Gasteiger partial charge in [-0.2, -0.15) is 0 Å². The first kappa shape index (κ1) is 35.4. The van der Waals surface area contributed by atoms with Gasteiger partial charge in [0.15, 0.2) is 0 Å². The monoisotopic (exact) mass is 760 g/mol. The first-order chi connectivity index (χ1) is 29.7. The average molecular weight is 761 g/mol. The Hall–Kier alpha value is -7.80. The van der Waals surface area contributed by atoms with Crippen LogP contribution >= 0.6 is 0 Å². The normalized spacial score (nSPS) is 11.3. The maximum atomic E-state index is 2.38. The summed E-state index contributed by atoms with van der Waals surface area (Å²) in [7, 11) is 0. The van der Waals surface area contributed by atoms with E-state index in [4.69, 9.17) is 0 Å². The lowest BCUT2D eigenvalue weighted by atomic mass is 9.85. The molecule has 0 N–H and O–H groups in total. The molecule has 0 atom stereocenters. The van der Waals surface area contributed by atoms with Gasteiger partial charge in [0.25, 0.3) is 0 Å². The predicted molar refractivity (Wildman–Crippen MR) is 257 cm³/mol. The SMILES string of the molecule is c1ccc(-c2cc(-c3ccccc3)cc(-c3cccc(-c4c5ccccc5c(-c5ccc(-c6cccc(-c7ccc8ccccc8c7)c6)cc5)c5ccccc45)c3)c2)cc1. The molecule has 0 aromatic heterocycles. The predicted octanol–water partition coefficient (Wildman–Crippen LogP) is 16.8. The number of hydrogen-bond acceptors (Lipinski definition) is 0. The van der Waals surface area contributed by atoms with Crippen LogP contribution in [0, 0.1) is 0 Å². The summed E-state index contributed by atoms with van der Waals surface area (Å²) in [5.74, 6) is 0. The Bertz CT molecular complexity index is 3220. The molecule has 11 rings (SSSR count). The number of fused-ring (bicyclic) bond motifs is 3. The average Bonchev–Trinajstić information content (AvgIpc) is 3.33. The smallest absolute Gasteiger partial charge is 0.00262 e. The molecule has 0 amide bonds. The fourth-order valence-electron chi connectivity index (χ4n) is 9.07. The van der Waals surface area contributed by atoms with E-state index in [0.29, 0.717) is 0 Å². The van der Waals surface area contributed by atoms with Crippen molar-refractivity contribution in [1.82, 2.24) is 0 Å². The lowest BCUT2D eigenvalue weighted by Crippen LogP contribution is -1.91. The van der Waals surface area contributed by atoms with Gasteiger partial charge in [0, 0.05) is 0 Å². The zero-order valence-electron chi connectivity index (χ0n) is 33.1. The highest BCUT2D eigenvalue weighted by molar-refractivity contribution is 6.21. The van der Waals surface area contributed by atoms with Crippen LogP contribution in [0.2, 0.25) is 0 Å². The molecule has 0 unspecified atom stereocenters. The Morgan fingerprint density at radius 3 is 1.03 bits per heavy atom. The lowest BCUT2D eigenvalue weighted by Gasteiger charge is -2.18. The third-order valence-corrected chi connectivity index (χ3v) is 12.0. The summed E-state index contributed by atoms with van der Waals surface area (Å²) >= 11 is 0. The first-order valence-electron chi connectivity index (χ1n) is 20.7. The van der Waals surface area contributed by atoms with Crippen molar-refractivity contribution in [2.24, 2.45) is 0 Å². The van der Waals surface area contributed by atoms with Gasteiger partial charge in [-0.25, -0.2) is 0 Å². The Morgan fingerprint density at radius 1 is 0.150 bits per heavy atom. The van der Waals surface area contributed by atoms with Crippen LogP contribution in [0.25, 0.3) is 110 Å². The van der Waals surface area contributed by atoms with E-state index in [-0.39, 0.29) is 0 Å². The summed E-state index contributed by atoms with van der Waals surface area (Å²) < 4.78 is 0. The van der Waals surface area contributed by atoms with Crippen molar-refractivity contribution < 1.29 is 0 Å². The van der Waals surface area contributed by atoms with Crippen LogP contribution < -0.4 is 0 Å². The molecule has 0 aliphatic rings. The van der Waals surface area contributed by atoms with Gasteiger partial charge in [-0.3, -0.25) is 0 Å². The second-order valence-corrected chi connectivity index (χ2v) is 15.7. The van der Waals surface area contributed by atoms with Crippen LogP contribution in [0.15, 0.2) is 243 Å². The van der Waals surface area contributed by atoms with E-state index in [9.17, 15) is 0 Å². The Morgan fingerprint density at radius 2 is 0.467 bits per heavy atom. The standard InChI is InChI=1S/C60H40/c1-3-15-41(16-4-1)52-38-53(42-17-5-2-6-18-42)40-54(39-52)49-23-14-24-51(37-49)60-57-27-11-9-25-55(57)59(56-26-10-12-28-58(56)60)45-32-29-44(30-33-45)47-21-13-22-48(35-47)50-34-31-43-19-7-8-20-46(43)36-50/h1-40H. The summed E-state index contributed by atoms with van der Waals surface area (Å²) in [6.45, 7) is 0. The van der Waals surface area contributed by atoms with Crippen LogP contribution in [0.5, 0.6) is 0 Å². The van der Waals surface area contributed by atoms with E-state index in [0.717, 1.165) is 0 Å². The Balaban J connectivity index is 1.01. The topological polar surface area (TPSA) is 0 Å². The summed E-state index contributed by atoms with van der Waals surface area (Å²) in [5.41, 5.74) is 17.0. The number of rotatable bonds is 7. The Kier molecular flexibility index (Phi) is 8.95. The highest BCUT2D eigenvalue weighted by Gasteiger charge is 2.18. The quantitative estimate of drug-likeness (QED) is 0.142. The molecule has 60 heavy (non-hydrogen) atoms. The summed E-state index contributed by atoms with van der Waals surface area (Å²) in [6, 6.07) is 88.8. The van der Waals surface area contributed by atoms with Crippen LogP contribution in [0.3, 0.4) is 0 Å². The maximum Gasteiger partial charge on any atom is -0.00262 e. The van der Waals surface area contributed by atoms with Crippen molar-refractivity contribution in [2.45, 2.75) is 0 Å². The number of hydrogen-bond donors (Lipinski definition) is 0. The zero-order valence-corrected chi connectivity index (χ0v) is 33.1. The van der Waals surface area contributed by atoms with Gasteiger partial charge < -0.3 is 0 Å². The second-order valence-electron chi connectivity index (χ2n) is 15.7. The van der Waals surface area contributed by atoms with E-state index in [2.05, 4.69) is 243 Å². The third-order valence-electron chi connectivity index (χ3n) is 12.0. The number of benzene rings is 11. The molecule has 0 heterocycles. The van der Waals surface area contributed by atoms with Crippen molar-refractivity contribution in [1.29, 1.82) is 0 Å². The molecule has 0 spiro atoms. The van der Waals surface area contributed by atoms with E-state index in [1.54, 1.807) is 0 Å². The molecule has 0 aliphatic carbocycles. The minimum atomic E-state index is 1.19. The molecule has 11 aromatic carbocycles. The molecule has 11 aromatic rings. The van der Waals surface area contributed by atoms with Crippen molar-refractivity contribution in [3.63, 3.8) is 0 Å². The van der Waals surface area contributed by atoms with Gasteiger partial charge >= 0.3 is 0 Å². The molecule has 0 saturated carbocycles. The molecule has 0 nitrogen and oxygen atoms in total. The van der Waals surface area contributed by atoms with E-state index in [1.165, 1.54) is 110 Å². The fourth-order valence-corrected chi connectivity index (χ4v) is 9.07. The minimum Gasteiger partial charge on any atom is -0.0622 e. The van der Waals surface area contributed by atoms with E-state index >= 15 is 0 Å². The lowest BCUT2D eigenvalue weighted by molar-refractivity contribution is 1.56. The van der Waals surface area contributed by atoms with Crippen LogP contribution in [-0.4, -0.2) is 0 Å². The van der Waals surface area contributed by atoms with Gasteiger partial charge in [0.2, 0.25) is 0 Å². The summed E-state index contributed by atoms with van der Waals surface area (Å²) in [6.07, 6.45) is 0. The van der Waals surface area contributed by atoms with Crippen LogP contribution in [-0.2, 0) is 0 Å². The minimum absolute atomic E-state index is 1.19. The molecule has 280 valence electrons. The Labute approximate surface area is 351 Å². The molecule has 0 aliphatic heterocycles.